The van der Waals surface area contributed by atoms with Crippen molar-refractivity contribution >= 4 is 11.8 Å². The van der Waals surface area contributed by atoms with Gasteiger partial charge in [0.2, 0.25) is 0 Å². The predicted octanol–water partition coefficient (Wildman–Crippen LogP) is 3.22. The van der Waals surface area contributed by atoms with Gasteiger partial charge in [-0.1, -0.05) is 0 Å². The standard InChI is InChI=1S/C13H13FN2OS/c14-10-5-9(8-16-11-1-2-11)6-12(7-10)18-13-15-3-4-17-13/h3-7,11,16H,1-2,8H2. The quantitative estimate of drug-likeness (QED) is 0.900. The Bertz CT molecular complexity index is 526. The van der Waals surface area contributed by atoms with Crippen LogP contribution in [0, 0.1) is 5.82 Å². The highest BCUT2D eigenvalue weighted by Crippen LogP contribution is 2.28. The number of benzene rings is 1. The van der Waals surface area contributed by atoms with E-state index in [1.807, 2.05) is 6.07 Å². The maximum absolute atomic E-state index is 13.5. The Morgan fingerprint density at radius 2 is 2.28 bits per heavy atom. The minimum Gasteiger partial charge on any atom is -0.440 e. The average molecular weight is 264 g/mol. The van der Waals surface area contributed by atoms with Crippen LogP contribution < -0.4 is 5.32 Å². The molecule has 94 valence electrons. The van der Waals surface area contributed by atoms with Crippen LogP contribution in [0.4, 0.5) is 4.39 Å². The van der Waals surface area contributed by atoms with Crippen molar-refractivity contribution in [1.29, 1.82) is 0 Å². The maximum Gasteiger partial charge on any atom is 0.260 e. The molecule has 1 aliphatic rings. The molecule has 3 nitrogen and oxygen atoms in total. The monoisotopic (exact) mass is 264 g/mol. The highest BCUT2D eigenvalue weighted by atomic mass is 32.2. The molecule has 0 aliphatic heterocycles. The molecule has 1 heterocycles. The van der Waals surface area contributed by atoms with Gasteiger partial charge in [0, 0.05) is 17.5 Å². The molecule has 1 aromatic heterocycles. The van der Waals surface area contributed by atoms with Crippen LogP contribution in [0.15, 0.2) is 45.2 Å². The number of halogens is 1. The first-order chi connectivity index (χ1) is 8.79. The molecule has 1 N–H and O–H groups in total. The van der Waals surface area contributed by atoms with Gasteiger partial charge >= 0.3 is 0 Å². The van der Waals surface area contributed by atoms with Crippen LogP contribution in [0.3, 0.4) is 0 Å². The molecule has 3 rings (SSSR count). The third-order valence-electron chi connectivity index (χ3n) is 2.72. The van der Waals surface area contributed by atoms with Gasteiger partial charge in [-0.3, -0.25) is 0 Å². The number of oxazole rings is 1. The van der Waals surface area contributed by atoms with Gasteiger partial charge in [-0.25, -0.2) is 9.37 Å². The zero-order valence-electron chi connectivity index (χ0n) is 9.73. The summed E-state index contributed by atoms with van der Waals surface area (Å²) in [4.78, 5) is 4.82. The van der Waals surface area contributed by atoms with Gasteiger partial charge in [0.1, 0.15) is 12.1 Å². The second-order valence-corrected chi connectivity index (χ2v) is 5.38. The molecule has 0 unspecified atom stereocenters. The molecule has 0 bridgehead atoms. The van der Waals surface area contributed by atoms with Gasteiger partial charge in [0.15, 0.2) is 0 Å². The third kappa shape index (κ3) is 3.11. The molecule has 5 heteroatoms. The lowest BCUT2D eigenvalue weighted by Crippen LogP contribution is -2.15. The van der Waals surface area contributed by atoms with Crippen molar-refractivity contribution < 1.29 is 8.81 Å². The third-order valence-corrected chi connectivity index (χ3v) is 3.57. The van der Waals surface area contributed by atoms with Crippen molar-refractivity contribution in [2.24, 2.45) is 0 Å². The molecule has 0 saturated heterocycles. The zero-order valence-corrected chi connectivity index (χ0v) is 10.5. The van der Waals surface area contributed by atoms with Gasteiger partial charge in [-0.2, -0.15) is 0 Å². The zero-order chi connectivity index (χ0) is 12.4. The second-order valence-electron chi connectivity index (χ2n) is 4.35. The number of rotatable bonds is 5. The van der Waals surface area contributed by atoms with Crippen LogP contribution in [-0.4, -0.2) is 11.0 Å². The van der Waals surface area contributed by atoms with E-state index in [9.17, 15) is 4.39 Å². The predicted molar refractivity (Wildman–Crippen MR) is 66.9 cm³/mol. The summed E-state index contributed by atoms with van der Waals surface area (Å²) < 4.78 is 18.6. The minimum atomic E-state index is -0.223. The first-order valence-corrected chi connectivity index (χ1v) is 6.71. The van der Waals surface area contributed by atoms with E-state index < -0.39 is 0 Å². The van der Waals surface area contributed by atoms with Gasteiger partial charge in [0.05, 0.1) is 6.20 Å². The fraction of sp³-hybridized carbons (Fsp3) is 0.308. The van der Waals surface area contributed by atoms with Crippen molar-refractivity contribution in [3.63, 3.8) is 0 Å². The van der Waals surface area contributed by atoms with Crippen LogP contribution in [0.25, 0.3) is 0 Å². The summed E-state index contributed by atoms with van der Waals surface area (Å²) >= 11 is 1.33. The number of hydrogen-bond donors (Lipinski definition) is 1. The summed E-state index contributed by atoms with van der Waals surface area (Å²) in [5, 5.41) is 3.90. The van der Waals surface area contributed by atoms with Crippen LogP contribution in [-0.2, 0) is 6.54 Å². The van der Waals surface area contributed by atoms with Crippen LogP contribution >= 0.6 is 11.8 Å². The summed E-state index contributed by atoms with van der Waals surface area (Å²) in [5.74, 6) is -0.223. The maximum atomic E-state index is 13.5. The Balaban J connectivity index is 1.72. The van der Waals surface area contributed by atoms with E-state index >= 15 is 0 Å². The Hall–Kier alpha value is -1.33. The average Bonchev–Trinajstić information content (AvgIpc) is 3.04. The molecule has 0 atom stereocenters. The summed E-state index contributed by atoms with van der Waals surface area (Å²) in [6, 6.07) is 5.65. The summed E-state index contributed by atoms with van der Waals surface area (Å²) in [7, 11) is 0. The molecule has 1 saturated carbocycles. The van der Waals surface area contributed by atoms with Crippen LogP contribution in [0.5, 0.6) is 0 Å². The van der Waals surface area contributed by atoms with Crippen LogP contribution in [0.2, 0.25) is 0 Å². The minimum absolute atomic E-state index is 0.223. The lowest BCUT2D eigenvalue weighted by atomic mass is 10.2. The fourth-order valence-corrected chi connectivity index (χ4v) is 2.49. The molecule has 2 aromatic rings. The van der Waals surface area contributed by atoms with E-state index in [1.165, 1.54) is 36.9 Å². The van der Waals surface area contributed by atoms with Crippen molar-refractivity contribution in [3.05, 3.63) is 42.0 Å². The van der Waals surface area contributed by atoms with E-state index in [-0.39, 0.29) is 5.82 Å². The Morgan fingerprint density at radius 3 is 3.00 bits per heavy atom. The molecule has 0 amide bonds. The first kappa shape index (κ1) is 11.7. The lowest BCUT2D eigenvalue weighted by molar-refractivity contribution is 0.454. The SMILES string of the molecule is Fc1cc(CNC2CC2)cc(Sc2ncco2)c1. The van der Waals surface area contributed by atoms with Gasteiger partial charge < -0.3 is 9.73 Å². The van der Waals surface area contributed by atoms with E-state index in [2.05, 4.69) is 10.3 Å². The number of hydrogen-bond acceptors (Lipinski definition) is 4. The van der Waals surface area contributed by atoms with Gasteiger partial charge in [-0.15, -0.1) is 0 Å². The molecule has 0 radical (unpaired) electrons. The number of nitrogens with zero attached hydrogens (tertiary/aromatic N) is 1. The van der Waals surface area contributed by atoms with E-state index in [1.54, 1.807) is 12.3 Å². The van der Waals surface area contributed by atoms with Crippen molar-refractivity contribution in [3.8, 4) is 0 Å². The molecular formula is C13H13FN2OS. The Morgan fingerprint density at radius 1 is 1.39 bits per heavy atom. The number of aromatic nitrogens is 1. The molecule has 1 aliphatic carbocycles. The smallest absolute Gasteiger partial charge is 0.260 e. The molecule has 0 spiro atoms. The van der Waals surface area contributed by atoms with Crippen molar-refractivity contribution in [2.75, 3.05) is 0 Å². The Labute approximate surface area is 109 Å². The van der Waals surface area contributed by atoms with Gasteiger partial charge in [0.25, 0.3) is 5.22 Å². The first-order valence-electron chi connectivity index (χ1n) is 5.90. The fourth-order valence-electron chi connectivity index (χ4n) is 1.69. The normalized spacial score (nSPS) is 14.9. The van der Waals surface area contributed by atoms with Gasteiger partial charge in [-0.05, 0) is 48.4 Å². The highest BCUT2D eigenvalue weighted by molar-refractivity contribution is 7.99. The van der Waals surface area contributed by atoms with Crippen molar-refractivity contribution in [1.82, 2.24) is 10.3 Å². The molecule has 1 aromatic carbocycles. The highest BCUT2D eigenvalue weighted by Gasteiger charge is 2.20. The van der Waals surface area contributed by atoms with E-state index in [4.69, 9.17) is 4.42 Å². The largest absolute Gasteiger partial charge is 0.440 e. The van der Waals surface area contributed by atoms with E-state index in [0.717, 1.165) is 10.5 Å². The van der Waals surface area contributed by atoms with Crippen LogP contribution in [0.1, 0.15) is 18.4 Å². The molecule has 18 heavy (non-hydrogen) atoms. The summed E-state index contributed by atoms with van der Waals surface area (Å²) in [6.45, 7) is 0.710. The summed E-state index contributed by atoms with van der Waals surface area (Å²) in [5.41, 5.74) is 0.955. The second kappa shape index (κ2) is 5.12. The summed E-state index contributed by atoms with van der Waals surface area (Å²) in [6.07, 6.45) is 5.55. The lowest BCUT2D eigenvalue weighted by Gasteiger charge is -2.05. The number of nitrogens with one attached hydrogen (secondary N) is 1. The topological polar surface area (TPSA) is 38.1 Å². The van der Waals surface area contributed by atoms with Crippen molar-refractivity contribution in [2.45, 2.75) is 35.5 Å². The molecular weight excluding hydrogens is 251 g/mol. The Kier molecular flexibility index (Phi) is 3.34. The van der Waals surface area contributed by atoms with E-state index in [0.29, 0.717) is 17.8 Å². The molecule has 1 fully saturated rings.